The fourth-order valence-electron chi connectivity index (χ4n) is 2.83. The largest absolute Gasteiger partial charge is 0.339 e. The molecule has 21 heavy (non-hydrogen) atoms. The summed E-state index contributed by atoms with van der Waals surface area (Å²) in [6.07, 6.45) is 5.39. The van der Waals surface area contributed by atoms with E-state index in [0.717, 1.165) is 36.0 Å². The van der Waals surface area contributed by atoms with Crippen LogP contribution in [-0.2, 0) is 0 Å². The van der Waals surface area contributed by atoms with Crippen molar-refractivity contribution < 1.29 is 4.79 Å². The number of carbonyl (C=O) groups excluding carboxylic acids is 1. The molecule has 1 fully saturated rings. The summed E-state index contributed by atoms with van der Waals surface area (Å²) in [6, 6.07) is 12.1. The van der Waals surface area contributed by atoms with E-state index in [1.165, 1.54) is 5.56 Å². The number of halogens is 1. The Kier molecular flexibility index (Phi) is 4.34. The van der Waals surface area contributed by atoms with Crippen LogP contribution in [-0.4, -0.2) is 28.9 Å². The second-order valence-electron chi connectivity index (χ2n) is 5.35. The molecule has 3 nitrogen and oxygen atoms in total. The first-order valence-corrected chi connectivity index (χ1v) is 7.98. The maximum absolute atomic E-state index is 12.4. The SMILES string of the molecule is O=C(c1ccncc1)N1CCC(c2ccc(Br)cc2)CC1. The Labute approximate surface area is 133 Å². The number of benzene rings is 1. The van der Waals surface area contributed by atoms with E-state index < -0.39 is 0 Å². The molecular weight excluding hydrogens is 328 g/mol. The van der Waals surface area contributed by atoms with Crippen LogP contribution in [0.5, 0.6) is 0 Å². The van der Waals surface area contributed by atoms with E-state index in [2.05, 4.69) is 45.2 Å². The highest BCUT2D eigenvalue weighted by Crippen LogP contribution is 2.29. The highest BCUT2D eigenvalue weighted by molar-refractivity contribution is 9.10. The predicted octanol–water partition coefficient (Wildman–Crippen LogP) is 3.86. The Bertz CT molecular complexity index is 604. The number of piperidine rings is 1. The Balaban J connectivity index is 1.63. The molecule has 0 aliphatic carbocycles. The van der Waals surface area contributed by atoms with Crippen LogP contribution < -0.4 is 0 Å². The van der Waals surface area contributed by atoms with Gasteiger partial charge in [-0.15, -0.1) is 0 Å². The van der Waals surface area contributed by atoms with Gasteiger partial charge in [-0.05, 0) is 48.6 Å². The van der Waals surface area contributed by atoms with Crippen LogP contribution in [0.25, 0.3) is 0 Å². The number of hydrogen-bond donors (Lipinski definition) is 0. The van der Waals surface area contributed by atoms with Crippen LogP contribution >= 0.6 is 15.9 Å². The molecule has 0 radical (unpaired) electrons. The summed E-state index contributed by atoms with van der Waals surface area (Å²) < 4.78 is 1.11. The molecule has 3 rings (SSSR count). The van der Waals surface area contributed by atoms with Crippen molar-refractivity contribution >= 4 is 21.8 Å². The normalized spacial score (nSPS) is 16.0. The van der Waals surface area contributed by atoms with Crippen molar-refractivity contribution in [1.82, 2.24) is 9.88 Å². The average Bonchev–Trinajstić information content (AvgIpc) is 2.56. The summed E-state index contributed by atoms with van der Waals surface area (Å²) in [4.78, 5) is 18.3. The van der Waals surface area contributed by atoms with Gasteiger partial charge in [0.15, 0.2) is 0 Å². The second kappa shape index (κ2) is 6.39. The molecule has 2 heterocycles. The molecule has 1 aromatic heterocycles. The van der Waals surface area contributed by atoms with E-state index in [0.29, 0.717) is 5.92 Å². The fourth-order valence-corrected chi connectivity index (χ4v) is 3.09. The van der Waals surface area contributed by atoms with E-state index in [-0.39, 0.29) is 5.91 Å². The number of aromatic nitrogens is 1. The Morgan fingerprint density at radius 3 is 2.29 bits per heavy atom. The molecule has 108 valence electrons. The molecule has 0 bridgehead atoms. The summed E-state index contributed by atoms with van der Waals surface area (Å²) in [6.45, 7) is 1.64. The van der Waals surface area contributed by atoms with Crippen molar-refractivity contribution in [1.29, 1.82) is 0 Å². The zero-order chi connectivity index (χ0) is 14.7. The number of rotatable bonds is 2. The van der Waals surface area contributed by atoms with E-state index in [4.69, 9.17) is 0 Å². The van der Waals surface area contributed by atoms with E-state index in [9.17, 15) is 4.79 Å². The molecule has 0 N–H and O–H groups in total. The zero-order valence-electron chi connectivity index (χ0n) is 11.7. The molecule has 0 spiro atoms. The lowest BCUT2D eigenvalue weighted by Gasteiger charge is -2.32. The number of carbonyl (C=O) groups is 1. The molecule has 1 aromatic carbocycles. The summed E-state index contributed by atoms with van der Waals surface area (Å²) >= 11 is 3.47. The fraction of sp³-hybridized carbons (Fsp3) is 0.294. The zero-order valence-corrected chi connectivity index (χ0v) is 13.3. The average molecular weight is 345 g/mol. The summed E-state index contributed by atoms with van der Waals surface area (Å²) in [7, 11) is 0. The van der Waals surface area contributed by atoms with Crippen molar-refractivity contribution in [3.05, 3.63) is 64.4 Å². The molecule has 1 amide bonds. The lowest BCUT2D eigenvalue weighted by molar-refractivity contribution is 0.0713. The van der Waals surface area contributed by atoms with Gasteiger partial charge in [-0.2, -0.15) is 0 Å². The third kappa shape index (κ3) is 3.32. The predicted molar refractivity (Wildman–Crippen MR) is 86.3 cm³/mol. The highest BCUT2D eigenvalue weighted by Gasteiger charge is 2.24. The molecule has 1 aliphatic heterocycles. The highest BCUT2D eigenvalue weighted by atomic mass is 79.9. The van der Waals surface area contributed by atoms with Crippen LogP contribution in [0.3, 0.4) is 0 Å². The lowest BCUT2D eigenvalue weighted by Crippen LogP contribution is -2.37. The summed E-state index contributed by atoms with van der Waals surface area (Å²) in [5, 5.41) is 0. The minimum Gasteiger partial charge on any atom is -0.339 e. The first-order valence-electron chi connectivity index (χ1n) is 7.19. The maximum Gasteiger partial charge on any atom is 0.253 e. The van der Waals surface area contributed by atoms with Gasteiger partial charge < -0.3 is 4.90 Å². The van der Waals surface area contributed by atoms with Crippen LogP contribution in [0, 0.1) is 0 Å². The molecule has 0 saturated carbocycles. The first-order chi connectivity index (χ1) is 10.2. The maximum atomic E-state index is 12.4. The number of pyridine rings is 1. The second-order valence-corrected chi connectivity index (χ2v) is 6.27. The lowest BCUT2D eigenvalue weighted by atomic mass is 9.89. The van der Waals surface area contributed by atoms with E-state index in [1.807, 2.05) is 4.90 Å². The van der Waals surface area contributed by atoms with Crippen molar-refractivity contribution in [2.75, 3.05) is 13.1 Å². The standard InChI is InChI=1S/C17H17BrN2O/c18-16-3-1-13(2-4-16)14-7-11-20(12-8-14)17(21)15-5-9-19-10-6-15/h1-6,9-10,14H,7-8,11-12H2. The van der Waals surface area contributed by atoms with E-state index >= 15 is 0 Å². The number of nitrogens with zero attached hydrogens (tertiary/aromatic N) is 2. The molecule has 1 saturated heterocycles. The summed E-state index contributed by atoms with van der Waals surface area (Å²) in [5.74, 6) is 0.672. The van der Waals surface area contributed by atoms with Gasteiger partial charge in [0.25, 0.3) is 5.91 Å². The number of likely N-dealkylation sites (tertiary alicyclic amines) is 1. The molecular formula is C17H17BrN2O. The van der Waals surface area contributed by atoms with E-state index in [1.54, 1.807) is 24.5 Å². The van der Waals surface area contributed by atoms with Gasteiger partial charge in [-0.1, -0.05) is 28.1 Å². The van der Waals surface area contributed by atoms with Crippen LogP contribution in [0.4, 0.5) is 0 Å². The number of hydrogen-bond acceptors (Lipinski definition) is 2. The van der Waals surface area contributed by atoms with Gasteiger partial charge in [0, 0.05) is 35.5 Å². The minimum atomic E-state index is 0.117. The van der Waals surface area contributed by atoms with Gasteiger partial charge in [0.1, 0.15) is 0 Å². The monoisotopic (exact) mass is 344 g/mol. The van der Waals surface area contributed by atoms with Gasteiger partial charge >= 0.3 is 0 Å². The van der Waals surface area contributed by atoms with Crippen LogP contribution in [0.2, 0.25) is 0 Å². The topological polar surface area (TPSA) is 33.2 Å². The Hall–Kier alpha value is -1.68. The van der Waals surface area contributed by atoms with Gasteiger partial charge in [0.05, 0.1) is 0 Å². The van der Waals surface area contributed by atoms with Crippen molar-refractivity contribution in [3.63, 3.8) is 0 Å². The van der Waals surface area contributed by atoms with Crippen molar-refractivity contribution in [3.8, 4) is 0 Å². The molecule has 0 unspecified atom stereocenters. The minimum absolute atomic E-state index is 0.117. The van der Waals surface area contributed by atoms with Crippen LogP contribution in [0.1, 0.15) is 34.7 Å². The van der Waals surface area contributed by atoms with Crippen LogP contribution in [0.15, 0.2) is 53.3 Å². The quantitative estimate of drug-likeness (QED) is 0.828. The number of amides is 1. The third-order valence-electron chi connectivity index (χ3n) is 4.05. The van der Waals surface area contributed by atoms with Crippen molar-refractivity contribution in [2.24, 2.45) is 0 Å². The van der Waals surface area contributed by atoms with Gasteiger partial charge in [0.2, 0.25) is 0 Å². The van der Waals surface area contributed by atoms with Gasteiger partial charge in [-0.3, -0.25) is 9.78 Å². The molecule has 4 heteroatoms. The smallest absolute Gasteiger partial charge is 0.253 e. The molecule has 1 aliphatic rings. The Morgan fingerprint density at radius 2 is 1.67 bits per heavy atom. The van der Waals surface area contributed by atoms with Crippen molar-refractivity contribution in [2.45, 2.75) is 18.8 Å². The first kappa shape index (κ1) is 14.3. The Morgan fingerprint density at radius 1 is 1.05 bits per heavy atom. The third-order valence-corrected chi connectivity index (χ3v) is 4.58. The summed E-state index contributed by atoms with van der Waals surface area (Å²) in [5.41, 5.74) is 2.10. The molecule has 0 atom stereocenters. The molecule has 2 aromatic rings. The van der Waals surface area contributed by atoms with Gasteiger partial charge in [-0.25, -0.2) is 0 Å².